The first kappa shape index (κ1) is 23.2. The van der Waals surface area contributed by atoms with Gasteiger partial charge in [0.2, 0.25) is 0 Å². The van der Waals surface area contributed by atoms with Gasteiger partial charge in [0.25, 0.3) is 0 Å². The van der Waals surface area contributed by atoms with E-state index in [-0.39, 0.29) is 33.9 Å². The Morgan fingerprint density at radius 1 is 1.16 bits per heavy atom. The van der Waals surface area contributed by atoms with E-state index in [0.717, 1.165) is 11.1 Å². The highest BCUT2D eigenvalue weighted by atomic mass is 32.2. The van der Waals surface area contributed by atoms with Crippen LogP contribution in [0.1, 0.15) is 33.3 Å². The second-order valence-electron chi connectivity index (χ2n) is 8.65. The van der Waals surface area contributed by atoms with Crippen LogP contribution in [0.15, 0.2) is 66.4 Å². The van der Waals surface area contributed by atoms with Gasteiger partial charge in [0.15, 0.2) is 17.3 Å². The number of hydrogen-bond acceptors (Lipinski definition) is 4. The van der Waals surface area contributed by atoms with E-state index < -0.39 is 15.8 Å². The summed E-state index contributed by atoms with van der Waals surface area (Å²) in [6, 6.07) is 11.7. The molecule has 31 heavy (non-hydrogen) atoms. The molecule has 0 saturated heterocycles. The molecule has 2 aromatic rings. The molecule has 1 unspecified atom stereocenters. The van der Waals surface area contributed by atoms with E-state index in [1.165, 1.54) is 6.07 Å². The summed E-state index contributed by atoms with van der Waals surface area (Å²) in [7, 11) is -3.57. The number of nitrogens with two attached hydrogens (primary N) is 1. The maximum atomic E-state index is 14.7. The molecule has 2 aromatic carbocycles. The predicted molar refractivity (Wildman–Crippen MR) is 124 cm³/mol. The van der Waals surface area contributed by atoms with Gasteiger partial charge in [-0.1, -0.05) is 39.0 Å². The number of ether oxygens (including phenoxy) is 1. The SMILES string of the molecule is CCS(=O)(=O)[N+]1(c2cccc(Oc3ccc(C(C)(C)C)cc3F)c2)C=C(CN)C=CC1. The van der Waals surface area contributed by atoms with Crippen LogP contribution in [0.25, 0.3) is 0 Å². The predicted octanol–water partition coefficient (Wildman–Crippen LogP) is 4.98. The minimum atomic E-state index is -3.57. The number of quaternary nitrogens is 1. The van der Waals surface area contributed by atoms with Gasteiger partial charge >= 0.3 is 10.0 Å². The Bertz CT molecular complexity index is 1130. The Labute approximate surface area is 184 Å². The van der Waals surface area contributed by atoms with Crippen LogP contribution in [-0.2, 0) is 15.4 Å². The van der Waals surface area contributed by atoms with Gasteiger partial charge in [-0.25, -0.2) is 4.39 Å². The quantitative estimate of drug-likeness (QED) is 0.637. The maximum absolute atomic E-state index is 14.7. The molecule has 0 fully saturated rings. The van der Waals surface area contributed by atoms with Gasteiger partial charge in [-0.2, -0.15) is 12.3 Å². The smallest absolute Gasteiger partial charge is 0.306 e. The molecule has 5 nitrogen and oxygen atoms in total. The minimum Gasteiger partial charge on any atom is -0.454 e. The van der Waals surface area contributed by atoms with Crippen molar-refractivity contribution < 1.29 is 17.5 Å². The van der Waals surface area contributed by atoms with E-state index in [2.05, 4.69) is 0 Å². The van der Waals surface area contributed by atoms with Gasteiger partial charge in [-0.15, -0.1) is 0 Å². The van der Waals surface area contributed by atoms with Crippen molar-refractivity contribution in [1.82, 2.24) is 3.89 Å². The Kier molecular flexibility index (Phi) is 6.41. The van der Waals surface area contributed by atoms with Gasteiger partial charge in [0.05, 0.1) is 5.75 Å². The average Bonchev–Trinajstić information content (AvgIpc) is 2.74. The average molecular weight is 446 g/mol. The number of nitrogens with zero attached hydrogens (tertiary/aromatic N) is 1. The highest BCUT2D eigenvalue weighted by Gasteiger charge is 2.42. The van der Waals surface area contributed by atoms with Crippen LogP contribution < -0.4 is 14.4 Å². The number of sulfonamides is 1. The third-order valence-corrected chi connectivity index (χ3v) is 7.65. The molecule has 0 spiro atoms. The summed E-state index contributed by atoms with van der Waals surface area (Å²) in [5.41, 5.74) is 7.72. The Hall–Kier alpha value is -2.48. The first-order chi connectivity index (χ1) is 14.5. The first-order valence-corrected chi connectivity index (χ1v) is 11.9. The Morgan fingerprint density at radius 2 is 1.90 bits per heavy atom. The molecule has 0 bridgehead atoms. The highest BCUT2D eigenvalue weighted by Crippen LogP contribution is 2.36. The summed E-state index contributed by atoms with van der Waals surface area (Å²) in [4.78, 5) is 0. The maximum Gasteiger partial charge on any atom is 0.306 e. The molecular formula is C24H30FN2O3S+. The zero-order valence-corrected chi connectivity index (χ0v) is 19.2. The second kappa shape index (κ2) is 8.57. The van der Waals surface area contributed by atoms with Crippen LogP contribution in [0.4, 0.5) is 10.1 Å². The summed E-state index contributed by atoms with van der Waals surface area (Å²) in [6.07, 6.45) is 5.33. The standard InChI is InChI=1S/C24H30FN2O3S/c1-5-31(28,29)27(13-7-8-18(16-26)17-27)20-9-6-10-21(15-20)30-23-12-11-19(14-22(23)25)24(2,3)4/h6-12,14-15,17H,5,13,16,26H2,1-4H3/q+1. The Morgan fingerprint density at radius 3 is 2.52 bits per heavy atom. The van der Waals surface area contributed by atoms with Gasteiger partial charge in [-0.3, -0.25) is 0 Å². The van der Waals surface area contributed by atoms with Gasteiger partial charge < -0.3 is 10.5 Å². The van der Waals surface area contributed by atoms with E-state index in [9.17, 15) is 12.8 Å². The molecule has 0 aromatic heterocycles. The molecule has 0 aliphatic carbocycles. The van der Waals surface area contributed by atoms with E-state index in [1.807, 2.05) is 39.0 Å². The highest BCUT2D eigenvalue weighted by molar-refractivity contribution is 7.91. The van der Waals surface area contributed by atoms with Crippen molar-refractivity contribution in [2.75, 3.05) is 18.8 Å². The molecule has 2 N–H and O–H groups in total. The van der Waals surface area contributed by atoms with Crippen molar-refractivity contribution in [2.24, 2.45) is 5.73 Å². The lowest BCUT2D eigenvalue weighted by molar-refractivity contribution is 0.438. The fourth-order valence-corrected chi connectivity index (χ4v) is 5.07. The lowest BCUT2D eigenvalue weighted by Crippen LogP contribution is -2.51. The molecule has 0 radical (unpaired) electrons. The van der Waals surface area contributed by atoms with Crippen LogP contribution >= 0.6 is 0 Å². The first-order valence-electron chi connectivity index (χ1n) is 10.3. The molecule has 0 amide bonds. The van der Waals surface area contributed by atoms with E-state index >= 15 is 0 Å². The van der Waals surface area contributed by atoms with Crippen LogP contribution in [0.3, 0.4) is 0 Å². The van der Waals surface area contributed by atoms with E-state index in [1.54, 1.807) is 43.5 Å². The third kappa shape index (κ3) is 4.59. The van der Waals surface area contributed by atoms with Crippen LogP contribution in [0.2, 0.25) is 0 Å². The summed E-state index contributed by atoms with van der Waals surface area (Å²) >= 11 is 0. The summed E-state index contributed by atoms with van der Waals surface area (Å²) in [5.74, 6) is -0.0507. The van der Waals surface area contributed by atoms with E-state index in [0.29, 0.717) is 11.4 Å². The van der Waals surface area contributed by atoms with Crippen LogP contribution in [-0.4, -0.2) is 27.3 Å². The molecule has 1 aliphatic heterocycles. The monoisotopic (exact) mass is 445 g/mol. The summed E-state index contributed by atoms with van der Waals surface area (Å²) in [5, 5.41) is 0. The Balaban J connectivity index is 2.03. The van der Waals surface area contributed by atoms with E-state index in [4.69, 9.17) is 10.5 Å². The number of hydrogen-bond donors (Lipinski definition) is 1. The van der Waals surface area contributed by atoms with Gasteiger partial charge in [0, 0.05) is 24.3 Å². The molecule has 0 saturated carbocycles. The third-order valence-electron chi connectivity index (χ3n) is 5.46. The largest absolute Gasteiger partial charge is 0.454 e. The van der Waals surface area contributed by atoms with Crippen molar-refractivity contribution in [3.8, 4) is 11.5 Å². The molecule has 7 heteroatoms. The van der Waals surface area contributed by atoms with Crippen LogP contribution in [0.5, 0.6) is 11.5 Å². The van der Waals surface area contributed by atoms with Crippen molar-refractivity contribution in [3.63, 3.8) is 0 Å². The van der Waals surface area contributed by atoms with Crippen molar-refractivity contribution in [3.05, 3.63) is 77.8 Å². The minimum absolute atomic E-state index is 0.0385. The van der Waals surface area contributed by atoms with Crippen LogP contribution in [0, 0.1) is 5.82 Å². The molecule has 1 aliphatic rings. The van der Waals surface area contributed by atoms with Crippen molar-refractivity contribution >= 4 is 15.7 Å². The fourth-order valence-electron chi connectivity index (χ4n) is 3.57. The molecule has 3 rings (SSSR count). The number of halogens is 1. The van der Waals surface area contributed by atoms with Crippen molar-refractivity contribution in [2.45, 2.75) is 33.1 Å². The van der Waals surface area contributed by atoms with Crippen molar-refractivity contribution in [1.29, 1.82) is 0 Å². The topological polar surface area (TPSA) is 69.4 Å². The molecular weight excluding hydrogens is 415 g/mol. The zero-order valence-electron chi connectivity index (χ0n) is 18.4. The number of benzene rings is 2. The fraction of sp³-hybridized carbons (Fsp3) is 0.333. The normalized spacial score (nSPS) is 19.2. The van der Waals surface area contributed by atoms with Gasteiger partial charge in [-0.05, 0) is 42.2 Å². The lowest BCUT2D eigenvalue weighted by Gasteiger charge is -2.34. The summed E-state index contributed by atoms with van der Waals surface area (Å²) < 4.78 is 46.4. The molecule has 1 heterocycles. The number of rotatable bonds is 6. The lowest BCUT2D eigenvalue weighted by atomic mass is 9.87. The molecule has 1 atom stereocenters. The zero-order chi connectivity index (χ0) is 22.9. The van der Waals surface area contributed by atoms with Gasteiger partial charge in [0.1, 0.15) is 18.5 Å². The molecule has 166 valence electrons. The second-order valence-corrected chi connectivity index (χ2v) is 11.0. The summed E-state index contributed by atoms with van der Waals surface area (Å²) in [6.45, 7) is 8.14.